The molecule has 0 radical (unpaired) electrons. The quantitative estimate of drug-likeness (QED) is 0.787. The van der Waals surface area contributed by atoms with Crippen LogP contribution in [-0.2, 0) is 4.79 Å². The van der Waals surface area contributed by atoms with Gasteiger partial charge < -0.3 is 5.32 Å². The Bertz CT molecular complexity index is 301. The van der Waals surface area contributed by atoms with Crippen molar-refractivity contribution >= 4 is 5.91 Å². The third-order valence-electron chi connectivity index (χ3n) is 3.09. The average molecular weight is 220 g/mol. The van der Waals surface area contributed by atoms with Crippen molar-refractivity contribution in [1.82, 2.24) is 10.2 Å². The molecule has 1 aliphatic heterocycles. The van der Waals surface area contributed by atoms with Crippen LogP contribution in [-0.4, -0.2) is 30.4 Å². The zero-order valence-corrected chi connectivity index (χ0v) is 9.74. The lowest BCUT2D eigenvalue weighted by Crippen LogP contribution is -2.39. The molecule has 3 nitrogen and oxygen atoms in total. The van der Waals surface area contributed by atoms with Crippen molar-refractivity contribution in [3.8, 4) is 0 Å². The van der Waals surface area contributed by atoms with E-state index in [2.05, 4.69) is 22.4 Å². The summed E-state index contributed by atoms with van der Waals surface area (Å²) in [5.41, 5.74) is 0.966. The topological polar surface area (TPSA) is 32.3 Å². The minimum atomic E-state index is 0.125. The molecule has 3 heteroatoms. The lowest BCUT2D eigenvalue weighted by atomic mass is 10.1. The van der Waals surface area contributed by atoms with Gasteiger partial charge in [0.05, 0.1) is 6.54 Å². The zero-order valence-electron chi connectivity index (χ0n) is 9.74. The number of hydrogen-bond acceptors (Lipinski definition) is 2. The number of hydrogen-bond donors (Lipinski definition) is 1. The number of piperidine rings is 1. The summed E-state index contributed by atoms with van der Waals surface area (Å²) in [6.45, 7) is 2.69. The second-order valence-corrected chi connectivity index (χ2v) is 4.52. The molecule has 1 heterocycles. The van der Waals surface area contributed by atoms with Gasteiger partial charge in [0.1, 0.15) is 0 Å². The molecule has 1 amide bonds. The molecule has 1 N–H and O–H groups in total. The van der Waals surface area contributed by atoms with Crippen LogP contribution in [0.15, 0.2) is 23.9 Å². The van der Waals surface area contributed by atoms with Crippen LogP contribution in [0.5, 0.6) is 0 Å². The lowest BCUT2D eigenvalue weighted by molar-refractivity contribution is -0.121. The van der Waals surface area contributed by atoms with Gasteiger partial charge in [0, 0.05) is 5.70 Å². The highest BCUT2D eigenvalue weighted by molar-refractivity contribution is 5.80. The summed E-state index contributed by atoms with van der Waals surface area (Å²) in [5, 5.41) is 2.96. The van der Waals surface area contributed by atoms with Gasteiger partial charge in [0.2, 0.25) is 5.91 Å². The lowest BCUT2D eigenvalue weighted by Gasteiger charge is -2.25. The number of allylic oxidation sites excluding steroid dienone is 3. The number of amides is 1. The van der Waals surface area contributed by atoms with Gasteiger partial charge >= 0.3 is 0 Å². The average Bonchev–Trinajstić information content (AvgIpc) is 2.31. The molecule has 0 aromatic carbocycles. The van der Waals surface area contributed by atoms with Crippen LogP contribution in [0, 0.1) is 0 Å². The van der Waals surface area contributed by atoms with E-state index in [1.54, 1.807) is 0 Å². The van der Waals surface area contributed by atoms with Crippen LogP contribution in [0.1, 0.15) is 32.1 Å². The number of rotatable bonds is 3. The summed E-state index contributed by atoms with van der Waals surface area (Å²) in [4.78, 5) is 14.0. The maximum atomic E-state index is 11.8. The fraction of sp³-hybridized carbons (Fsp3) is 0.615. The molecule has 1 fully saturated rings. The first kappa shape index (κ1) is 11.4. The third-order valence-corrected chi connectivity index (χ3v) is 3.09. The highest BCUT2D eigenvalue weighted by Crippen LogP contribution is 2.09. The molecule has 1 saturated heterocycles. The Kier molecular flexibility index (Phi) is 4.17. The van der Waals surface area contributed by atoms with Crippen LogP contribution in [0.2, 0.25) is 0 Å². The molecular formula is C13H20N2O. The number of nitrogens with zero attached hydrogens (tertiary/aromatic N) is 1. The summed E-state index contributed by atoms with van der Waals surface area (Å²) in [6, 6.07) is 0. The molecule has 0 bridgehead atoms. The highest BCUT2D eigenvalue weighted by atomic mass is 16.2. The molecule has 16 heavy (non-hydrogen) atoms. The fourth-order valence-electron chi connectivity index (χ4n) is 2.23. The first-order valence-electron chi connectivity index (χ1n) is 6.23. The first-order valence-corrected chi connectivity index (χ1v) is 6.23. The van der Waals surface area contributed by atoms with Crippen molar-refractivity contribution < 1.29 is 4.79 Å². The Morgan fingerprint density at radius 2 is 2.06 bits per heavy atom. The molecule has 0 saturated carbocycles. The molecule has 88 valence electrons. The van der Waals surface area contributed by atoms with Gasteiger partial charge in [0.25, 0.3) is 0 Å². The standard InChI is InChI=1S/C13H20N2O/c16-13(11-15-9-5-2-6-10-15)14-12-7-3-1-4-8-12/h3,7-8H,1-2,4-6,9-11H2,(H,14,16). The van der Waals surface area contributed by atoms with Crippen molar-refractivity contribution in [2.24, 2.45) is 0 Å². The minimum absolute atomic E-state index is 0.125. The van der Waals surface area contributed by atoms with Gasteiger partial charge in [-0.3, -0.25) is 9.69 Å². The summed E-state index contributed by atoms with van der Waals surface area (Å²) >= 11 is 0. The third kappa shape index (κ3) is 3.49. The van der Waals surface area contributed by atoms with E-state index in [-0.39, 0.29) is 5.91 Å². The van der Waals surface area contributed by atoms with Crippen molar-refractivity contribution in [1.29, 1.82) is 0 Å². The summed E-state index contributed by atoms with van der Waals surface area (Å²) in [7, 11) is 0. The van der Waals surface area contributed by atoms with E-state index in [9.17, 15) is 4.79 Å². The van der Waals surface area contributed by atoms with Crippen molar-refractivity contribution in [3.05, 3.63) is 23.9 Å². The number of likely N-dealkylation sites (tertiary alicyclic amines) is 1. The van der Waals surface area contributed by atoms with E-state index in [0.717, 1.165) is 31.6 Å². The number of carbonyl (C=O) groups excluding carboxylic acids is 1. The molecule has 0 aromatic heterocycles. The monoisotopic (exact) mass is 220 g/mol. The number of nitrogens with one attached hydrogen (secondary N) is 1. The molecule has 0 aromatic rings. The Labute approximate surface area is 97.2 Å². The predicted octanol–water partition coefficient (Wildman–Crippen LogP) is 1.82. The fourth-order valence-corrected chi connectivity index (χ4v) is 2.23. The first-order chi connectivity index (χ1) is 7.84. The van der Waals surface area contributed by atoms with E-state index < -0.39 is 0 Å². The van der Waals surface area contributed by atoms with Gasteiger partial charge in [0.15, 0.2) is 0 Å². The molecule has 2 rings (SSSR count). The molecule has 2 aliphatic rings. The van der Waals surface area contributed by atoms with Gasteiger partial charge in [-0.25, -0.2) is 0 Å². The number of carbonyl (C=O) groups is 1. The molecular weight excluding hydrogens is 200 g/mol. The van der Waals surface area contributed by atoms with Crippen LogP contribution in [0.25, 0.3) is 0 Å². The Morgan fingerprint density at radius 1 is 1.25 bits per heavy atom. The highest BCUT2D eigenvalue weighted by Gasteiger charge is 2.14. The second-order valence-electron chi connectivity index (χ2n) is 4.52. The zero-order chi connectivity index (χ0) is 11.2. The van der Waals surface area contributed by atoms with Crippen LogP contribution in [0.3, 0.4) is 0 Å². The van der Waals surface area contributed by atoms with E-state index in [1.807, 2.05) is 6.08 Å². The molecule has 0 atom stereocenters. The minimum Gasteiger partial charge on any atom is -0.325 e. The van der Waals surface area contributed by atoms with E-state index >= 15 is 0 Å². The van der Waals surface area contributed by atoms with Crippen LogP contribution < -0.4 is 5.32 Å². The van der Waals surface area contributed by atoms with Crippen molar-refractivity contribution in [3.63, 3.8) is 0 Å². The molecule has 0 spiro atoms. The van der Waals surface area contributed by atoms with Gasteiger partial charge in [-0.15, -0.1) is 0 Å². The van der Waals surface area contributed by atoms with E-state index in [4.69, 9.17) is 0 Å². The smallest absolute Gasteiger partial charge is 0.238 e. The van der Waals surface area contributed by atoms with Gasteiger partial charge in [-0.1, -0.05) is 18.6 Å². The van der Waals surface area contributed by atoms with Gasteiger partial charge in [-0.05, 0) is 44.8 Å². The summed E-state index contributed by atoms with van der Waals surface area (Å²) in [6.07, 6.45) is 12.1. The molecule has 1 aliphatic carbocycles. The van der Waals surface area contributed by atoms with Crippen molar-refractivity contribution in [2.45, 2.75) is 32.1 Å². The Balaban J connectivity index is 1.75. The summed E-state index contributed by atoms with van der Waals surface area (Å²) in [5.74, 6) is 0.125. The predicted molar refractivity (Wildman–Crippen MR) is 64.9 cm³/mol. The summed E-state index contributed by atoms with van der Waals surface area (Å²) < 4.78 is 0. The van der Waals surface area contributed by atoms with Crippen LogP contribution in [0.4, 0.5) is 0 Å². The maximum Gasteiger partial charge on any atom is 0.238 e. The van der Waals surface area contributed by atoms with E-state index in [1.165, 1.54) is 19.3 Å². The van der Waals surface area contributed by atoms with Crippen LogP contribution >= 0.6 is 0 Å². The molecule has 0 unspecified atom stereocenters. The SMILES string of the molecule is O=C(CN1CCCCC1)NC1=CCCC=C1. The van der Waals surface area contributed by atoms with Gasteiger partial charge in [-0.2, -0.15) is 0 Å². The Morgan fingerprint density at radius 3 is 2.75 bits per heavy atom. The second kappa shape index (κ2) is 5.85. The van der Waals surface area contributed by atoms with Crippen molar-refractivity contribution in [2.75, 3.05) is 19.6 Å². The van der Waals surface area contributed by atoms with E-state index in [0.29, 0.717) is 6.54 Å². The Hall–Kier alpha value is -1.09. The normalized spacial score (nSPS) is 21.6. The largest absolute Gasteiger partial charge is 0.325 e. The maximum absolute atomic E-state index is 11.8.